The van der Waals surface area contributed by atoms with Crippen molar-refractivity contribution in [1.82, 2.24) is 5.32 Å². The highest BCUT2D eigenvalue weighted by Crippen LogP contribution is 2.39. The number of benzene rings is 1. The Labute approximate surface area is 151 Å². The van der Waals surface area contributed by atoms with Crippen molar-refractivity contribution in [1.29, 1.82) is 0 Å². The number of alkyl halides is 3. The predicted octanol–water partition coefficient (Wildman–Crippen LogP) is 3.38. The average Bonchev–Trinajstić information content (AvgIpc) is 2.55. The zero-order valence-corrected chi connectivity index (χ0v) is 14.9. The fraction of sp³-hybridized carbons (Fsp3) is 0.588. The number of ether oxygens (including phenoxy) is 1. The number of carbonyl (C=O) groups excluding carboxylic acids is 1. The Morgan fingerprint density at radius 3 is 2.52 bits per heavy atom. The second-order valence-corrected chi connectivity index (χ2v) is 6.27. The first-order chi connectivity index (χ1) is 11.3. The summed E-state index contributed by atoms with van der Waals surface area (Å²) < 4.78 is 44.0. The lowest BCUT2D eigenvalue weighted by atomic mass is 9.76. The molecular formula is C17H24ClF3N2O2. The van der Waals surface area contributed by atoms with Gasteiger partial charge in [0.2, 0.25) is 5.91 Å². The predicted molar refractivity (Wildman–Crippen MR) is 91.4 cm³/mol. The van der Waals surface area contributed by atoms with Gasteiger partial charge in [0.05, 0.1) is 17.7 Å². The Bertz CT molecular complexity index is 575. The van der Waals surface area contributed by atoms with E-state index in [-0.39, 0.29) is 19.0 Å². The lowest BCUT2D eigenvalue weighted by Crippen LogP contribution is -2.53. The molecule has 3 N–H and O–H groups in total. The molecule has 1 atom stereocenters. The summed E-state index contributed by atoms with van der Waals surface area (Å²) in [7, 11) is 1.44. The van der Waals surface area contributed by atoms with Crippen LogP contribution < -0.4 is 11.1 Å². The zero-order valence-electron chi connectivity index (χ0n) is 14.1. The Morgan fingerprint density at radius 1 is 1.32 bits per heavy atom. The molecule has 25 heavy (non-hydrogen) atoms. The van der Waals surface area contributed by atoms with E-state index in [4.69, 9.17) is 10.5 Å². The molecular weight excluding hydrogens is 357 g/mol. The van der Waals surface area contributed by atoms with Gasteiger partial charge in [0, 0.05) is 7.11 Å². The van der Waals surface area contributed by atoms with Gasteiger partial charge in [-0.2, -0.15) is 13.2 Å². The molecule has 0 bridgehead atoms. The number of hydrogen-bond donors (Lipinski definition) is 2. The van der Waals surface area contributed by atoms with E-state index in [0.29, 0.717) is 18.4 Å². The van der Waals surface area contributed by atoms with E-state index in [1.54, 1.807) is 6.07 Å². The lowest BCUT2D eigenvalue weighted by Gasteiger charge is -2.39. The maximum absolute atomic E-state index is 13.0. The molecule has 0 heterocycles. The third kappa shape index (κ3) is 5.33. The Morgan fingerprint density at radius 2 is 1.96 bits per heavy atom. The number of amides is 1. The smallest absolute Gasteiger partial charge is 0.383 e. The molecule has 0 radical (unpaired) electrons. The van der Waals surface area contributed by atoms with Crippen LogP contribution in [0.5, 0.6) is 0 Å². The third-order valence-electron chi connectivity index (χ3n) is 4.50. The van der Waals surface area contributed by atoms with Crippen molar-refractivity contribution < 1.29 is 22.7 Å². The quantitative estimate of drug-likeness (QED) is 0.823. The maximum atomic E-state index is 13.0. The minimum Gasteiger partial charge on any atom is -0.383 e. The Balaban J connectivity index is 0.00000312. The van der Waals surface area contributed by atoms with Gasteiger partial charge in [-0.3, -0.25) is 4.79 Å². The standard InChI is InChI=1S/C17H23F3N2O2.ClH/c1-24-11-14(21)15(23)22-16(8-3-2-4-9-16)12-6-5-7-13(10-12)17(18,19)20;/h5-7,10,14H,2-4,8-9,11,21H2,1H3,(H,22,23);1H. The van der Waals surface area contributed by atoms with Crippen molar-refractivity contribution in [3.05, 3.63) is 35.4 Å². The van der Waals surface area contributed by atoms with Crippen LogP contribution >= 0.6 is 12.4 Å². The number of methoxy groups -OCH3 is 1. The molecule has 1 aromatic carbocycles. The van der Waals surface area contributed by atoms with Crippen molar-refractivity contribution in [2.45, 2.75) is 49.9 Å². The second kappa shape index (κ2) is 8.87. The third-order valence-corrected chi connectivity index (χ3v) is 4.50. The van der Waals surface area contributed by atoms with Crippen LogP contribution in [0.25, 0.3) is 0 Å². The Kier molecular flexibility index (Phi) is 7.71. The van der Waals surface area contributed by atoms with E-state index in [9.17, 15) is 18.0 Å². The first kappa shape index (κ1) is 21.7. The van der Waals surface area contributed by atoms with Crippen LogP contribution in [0, 0.1) is 0 Å². The van der Waals surface area contributed by atoms with Gasteiger partial charge in [-0.1, -0.05) is 31.4 Å². The summed E-state index contributed by atoms with van der Waals surface area (Å²) in [6, 6.07) is 4.35. The summed E-state index contributed by atoms with van der Waals surface area (Å²) in [6.07, 6.45) is -0.533. The molecule has 1 fully saturated rings. The van der Waals surface area contributed by atoms with E-state index < -0.39 is 29.2 Å². The summed E-state index contributed by atoms with van der Waals surface area (Å²) in [5.41, 5.74) is 4.73. The van der Waals surface area contributed by atoms with E-state index in [1.807, 2.05) is 0 Å². The van der Waals surface area contributed by atoms with Crippen LogP contribution in [0.2, 0.25) is 0 Å². The van der Waals surface area contributed by atoms with Crippen molar-refractivity contribution >= 4 is 18.3 Å². The van der Waals surface area contributed by atoms with Gasteiger partial charge in [0.1, 0.15) is 6.04 Å². The monoisotopic (exact) mass is 380 g/mol. The van der Waals surface area contributed by atoms with Gasteiger partial charge in [-0.25, -0.2) is 0 Å². The van der Waals surface area contributed by atoms with E-state index in [2.05, 4.69) is 5.32 Å². The number of nitrogens with two attached hydrogens (primary N) is 1. The minimum atomic E-state index is -4.41. The van der Waals surface area contributed by atoms with Crippen LogP contribution in [-0.4, -0.2) is 25.7 Å². The van der Waals surface area contributed by atoms with Crippen LogP contribution in [-0.2, 0) is 21.2 Å². The molecule has 0 aliphatic heterocycles. The molecule has 0 saturated heterocycles. The summed E-state index contributed by atoms with van der Waals surface area (Å²) in [5, 5.41) is 2.90. The molecule has 1 aliphatic carbocycles. The molecule has 142 valence electrons. The van der Waals surface area contributed by atoms with Gasteiger partial charge in [0.25, 0.3) is 0 Å². The van der Waals surface area contributed by atoms with Crippen molar-refractivity contribution in [2.75, 3.05) is 13.7 Å². The largest absolute Gasteiger partial charge is 0.416 e. The number of halogens is 4. The zero-order chi connectivity index (χ0) is 17.8. The van der Waals surface area contributed by atoms with Crippen molar-refractivity contribution in [2.24, 2.45) is 5.73 Å². The highest BCUT2D eigenvalue weighted by Gasteiger charge is 2.38. The molecule has 4 nitrogen and oxygen atoms in total. The molecule has 1 amide bonds. The molecule has 1 aromatic rings. The number of hydrogen-bond acceptors (Lipinski definition) is 3. The SMILES string of the molecule is COCC(N)C(=O)NC1(c2cccc(C(F)(F)F)c2)CCCCC1.Cl. The first-order valence-electron chi connectivity index (χ1n) is 8.03. The fourth-order valence-electron chi connectivity index (χ4n) is 3.22. The number of nitrogens with one attached hydrogen (secondary N) is 1. The summed E-state index contributed by atoms with van der Waals surface area (Å²) in [4.78, 5) is 12.3. The summed E-state index contributed by atoms with van der Waals surface area (Å²) >= 11 is 0. The van der Waals surface area contributed by atoms with Gasteiger partial charge < -0.3 is 15.8 Å². The molecule has 1 unspecified atom stereocenters. The summed E-state index contributed by atoms with van der Waals surface area (Å²) in [6.45, 7) is 0.0600. The molecule has 1 saturated carbocycles. The van der Waals surface area contributed by atoms with Crippen LogP contribution in [0.1, 0.15) is 43.2 Å². The maximum Gasteiger partial charge on any atom is 0.416 e. The van der Waals surface area contributed by atoms with E-state index in [0.717, 1.165) is 31.4 Å². The normalized spacial score (nSPS) is 18.1. The van der Waals surface area contributed by atoms with Crippen LogP contribution in [0.15, 0.2) is 24.3 Å². The second-order valence-electron chi connectivity index (χ2n) is 6.27. The number of rotatable bonds is 5. The lowest BCUT2D eigenvalue weighted by molar-refractivity contribution is -0.137. The van der Waals surface area contributed by atoms with E-state index >= 15 is 0 Å². The van der Waals surface area contributed by atoms with Crippen LogP contribution in [0.4, 0.5) is 13.2 Å². The highest BCUT2D eigenvalue weighted by atomic mass is 35.5. The topological polar surface area (TPSA) is 64.3 Å². The fourth-order valence-corrected chi connectivity index (χ4v) is 3.22. The highest BCUT2D eigenvalue weighted by molar-refractivity contribution is 5.85. The van der Waals surface area contributed by atoms with Crippen molar-refractivity contribution in [3.63, 3.8) is 0 Å². The average molecular weight is 381 g/mol. The Hall–Kier alpha value is -1.31. The van der Waals surface area contributed by atoms with Crippen molar-refractivity contribution in [3.8, 4) is 0 Å². The van der Waals surface area contributed by atoms with Gasteiger partial charge in [-0.05, 0) is 30.5 Å². The van der Waals surface area contributed by atoms with Gasteiger partial charge in [-0.15, -0.1) is 12.4 Å². The van der Waals surface area contributed by atoms with Gasteiger partial charge in [0.15, 0.2) is 0 Å². The minimum absolute atomic E-state index is 0. The molecule has 0 spiro atoms. The molecule has 1 aliphatic rings. The summed E-state index contributed by atoms with van der Waals surface area (Å²) in [5.74, 6) is -0.406. The van der Waals surface area contributed by atoms with Crippen LogP contribution in [0.3, 0.4) is 0 Å². The molecule has 2 rings (SSSR count). The number of carbonyl (C=O) groups is 1. The van der Waals surface area contributed by atoms with Gasteiger partial charge >= 0.3 is 6.18 Å². The molecule has 8 heteroatoms. The van der Waals surface area contributed by atoms with E-state index in [1.165, 1.54) is 13.2 Å². The molecule has 0 aromatic heterocycles. The first-order valence-corrected chi connectivity index (χ1v) is 8.03.